The van der Waals surface area contributed by atoms with Gasteiger partial charge >= 0.3 is 0 Å². The average molecular weight is 244 g/mol. The minimum absolute atomic E-state index is 0.233. The van der Waals surface area contributed by atoms with Gasteiger partial charge in [0.05, 0.1) is 5.41 Å². The zero-order valence-electron chi connectivity index (χ0n) is 10.8. The first-order valence-corrected chi connectivity index (χ1v) is 7.02. The van der Waals surface area contributed by atoms with Gasteiger partial charge in [-0.3, -0.25) is 4.79 Å². The summed E-state index contributed by atoms with van der Waals surface area (Å²) in [5, 5.41) is 1.07. The molecular formula is C12H24N2OS. The summed E-state index contributed by atoms with van der Waals surface area (Å²) in [6.07, 6.45) is 0.814. The normalized spacial score (nSPS) is 29.9. The Bertz CT molecular complexity index is 243. The second kappa shape index (κ2) is 5.41. The Labute approximate surface area is 103 Å². The topological polar surface area (TPSA) is 46.3 Å². The Morgan fingerprint density at radius 1 is 1.44 bits per heavy atom. The molecule has 3 unspecified atom stereocenters. The molecule has 0 radical (unpaired) electrons. The van der Waals surface area contributed by atoms with E-state index >= 15 is 0 Å². The monoisotopic (exact) mass is 244 g/mol. The highest BCUT2D eigenvalue weighted by molar-refractivity contribution is 8.00. The molecule has 1 aliphatic rings. The Morgan fingerprint density at radius 2 is 1.94 bits per heavy atom. The predicted octanol–water partition coefficient (Wildman–Crippen LogP) is 1.71. The Morgan fingerprint density at radius 3 is 2.31 bits per heavy atom. The molecule has 2 N–H and O–H groups in total. The predicted molar refractivity (Wildman–Crippen MR) is 70.5 cm³/mol. The Kier molecular flexibility index (Phi) is 4.68. The van der Waals surface area contributed by atoms with Gasteiger partial charge < -0.3 is 10.6 Å². The molecule has 94 valence electrons. The average Bonchev–Trinajstić information content (AvgIpc) is 2.25. The first kappa shape index (κ1) is 13.8. The largest absolute Gasteiger partial charge is 0.340 e. The molecule has 1 amide bonds. The molecule has 0 saturated carbocycles. The van der Waals surface area contributed by atoms with Gasteiger partial charge in [-0.15, -0.1) is 0 Å². The highest BCUT2D eigenvalue weighted by atomic mass is 32.2. The van der Waals surface area contributed by atoms with Crippen molar-refractivity contribution in [3.8, 4) is 0 Å². The number of nitrogens with zero attached hydrogens (tertiary/aromatic N) is 1. The van der Waals surface area contributed by atoms with Crippen LogP contribution >= 0.6 is 11.8 Å². The van der Waals surface area contributed by atoms with Crippen LogP contribution in [0, 0.1) is 5.41 Å². The molecule has 4 heteroatoms. The molecule has 1 saturated heterocycles. The van der Waals surface area contributed by atoms with Crippen LogP contribution in [0.3, 0.4) is 0 Å². The summed E-state index contributed by atoms with van der Waals surface area (Å²) in [5.74, 6) is 0.233. The number of hydrogen-bond donors (Lipinski definition) is 1. The summed E-state index contributed by atoms with van der Waals surface area (Å²) >= 11 is 1.96. The van der Waals surface area contributed by atoms with Crippen LogP contribution in [0.2, 0.25) is 0 Å². The second-order valence-corrected chi connectivity index (χ2v) is 6.97. The zero-order chi connectivity index (χ0) is 12.3. The van der Waals surface area contributed by atoms with Crippen molar-refractivity contribution in [1.29, 1.82) is 0 Å². The molecule has 0 aliphatic carbocycles. The van der Waals surface area contributed by atoms with Gasteiger partial charge in [-0.25, -0.2) is 0 Å². The molecule has 0 aromatic carbocycles. The second-order valence-electron chi connectivity index (χ2n) is 5.09. The fourth-order valence-electron chi connectivity index (χ4n) is 2.11. The molecular weight excluding hydrogens is 220 g/mol. The Balaban J connectivity index is 2.73. The van der Waals surface area contributed by atoms with Crippen molar-refractivity contribution in [2.45, 2.75) is 44.6 Å². The van der Waals surface area contributed by atoms with E-state index < -0.39 is 0 Å². The number of rotatable bonds is 3. The lowest BCUT2D eigenvalue weighted by Crippen LogP contribution is -2.51. The van der Waals surface area contributed by atoms with Gasteiger partial charge in [-0.05, 0) is 13.3 Å². The van der Waals surface area contributed by atoms with Crippen LogP contribution in [-0.2, 0) is 4.79 Å². The fraction of sp³-hybridized carbons (Fsp3) is 0.917. The Hall–Kier alpha value is -0.220. The third kappa shape index (κ3) is 2.92. The van der Waals surface area contributed by atoms with Crippen LogP contribution in [0.15, 0.2) is 0 Å². The summed E-state index contributed by atoms with van der Waals surface area (Å²) in [5.41, 5.74) is 5.37. The van der Waals surface area contributed by atoms with Crippen molar-refractivity contribution in [3.63, 3.8) is 0 Å². The van der Waals surface area contributed by atoms with E-state index in [9.17, 15) is 4.79 Å². The van der Waals surface area contributed by atoms with Crippen LogP contribution in [0.5, 0.6) is 0 Å². The van der Waals surface area contributed by atoms with Gasteiger partial charge in [0.2, 0.25) is 5.91 Å². The number of hydrogen-bond acceptors (Lipinski definition) is 3. The molecule has 0 spiro atoms. The highest BCUT2D eigenvalue weighted by Crippen LogP contribution is 2.29. The minimum atomic E-state index is -0.374. The first-order valence-electron chi connectivity index (χ1n) is 6.08. The van der Waals surface area contributed by atoms with Gasteiger partial charge in [-0.2, -0.15) is 11.8 Å². The van der Waals surface area contributed by atoms with Crippen LogP contribution in [0.1, 0.15) is 34.1 Å². The van der Waals surface area contributed by atoms with E-state index in [0.29, 0.717) is 17.0 Å². The number of carbonyl (C=O) groups is 1. The van der Waals surface area contributed by atoms with Gasteiger partial charge in [0, 0.05) is 30.1 Å². The van der Waals surface area contributed by atoms with Gasteiger partial charge in [0.15, 0.2) is 0 Å². The van der Waals surface area contributed by atoms with Crippen LogP contribution < -0.4 is 5.73 Å². The molecule has 0 aromatic rings. The summed E-state index contributed by atoms with van der Waals surface area (Å²) in [7, 11) is 0. The van der Waals surface area contributed by atoms with E-state index in [1.807, 2.05) is 30.5 Å². The van der Waals surface area contributed by atoms with Crippen LogP contribution in [-0.4, -0.2) is 40.9 Å². The summed E-state index contributed by atoms with van der Waals surface area (Å²) in [6, 6.07) is 0. The summed E-state index contributed by atoms with van der Waals surface area (Å²) in [4.78, 5) is 14.4. The smallest absolute Gasteiger partial charge is 0.229 e. The van der Waals surface area contributed by atoms with E-state index in [1.54, 1.807) is 0 Å². The van der Waals surface area contributed by atoms with Crippen molar-refractivity contribution in [1.82, 2.24) is 4.90 Å². The van der Waals surface area contributed by atoms with Crippen LogP contribution in [0.25, 0.3) is 0 Å². The molecule has 3 atom stereocenters. The lowest BCUT2D eigenvalue weighted by Gasteiger charge is -2.39. The number of thioether (sulfide) groups is 1. The first-order chi connectivity index (χ1) is 7.42. The standard InChI is InChI=1S/C12H24N2OS/c1-5-12(4,8-13)11(15)14-6-9(2)16-10(3)7-14/h9-10H,5-8,13H2,1-4H3. The maximum Gasteiger partial charge on any atom is 0.229 e. The summed E-state index contributed by atoms with van der Waals surface area (Å²) in [6.45, 7) is 10.6. The van der Waals surface area contributed by atoms with E-state index in [-0.39, 0.29) is 11.3 Å². The molecule has 3 nitrogen and oxygen atoms in total. The highest BCUT2D eigenvalue weighted by Gasteiger charge is 2.36. The third-order valence-corrected chi connectivity index (χ3v) is 4.68. The molecule has 1 fully saturated rings. The SMILES string of the molecule is CCC(C)(CN)C(=O)N1CC(C)SC(C)C1. The van der Waals surface area contributed by atoms with Gasteiger partial charge in [-0.1, -0.05) is 20.8 Å². The van der Waals surface area contributed by atoms with Crippen molar-refractivity contribution in [2.24, 2.45) is 11.1 Å². The molecule has 16 heavy (non-hydrogen) atoms. The van der Waals surface area contributed by atoms with E-state index in [1.165, 1.54) is 0 Å². The number of nitrogens with two attached hydrogens (primary N) is 1. The fourth-order valence-corrected chi connectivity index (χ4v) is 3.43. The lowest BCUT2D eigenvalue weighted by molar-refractivity contribution is -0.141. The van der Waals surface area contributed by atoms with Crippen LogP contribution in [0.4, 0.5) is 0 Å². The van der Waals surface area contributed by atoms with Gasteiger partial charge in [0.25, 0.3) is 0 Å². The molecule has 1 rings (SSSR count). The maximum atomic E-state index is 12.4. The molecule has 0 bridgehead atoms. The molecule has 0 aromatic heterocycles. The quantitative estimate of drug-likeness (QED) is 0.822. The van der Waals surface area contributed by atoms with Crippen molar-refractivity contribution < 1.29 is 4.79 Å². The number of carbonyl (C=O) groups excluding carboxylic acids is 1. The van der Waals surface area contributed by atoms with Gasteiger partial charge in [0.1, 0.15) is 0 Å². The molecule has 1 heterocycles. The van der Waals surface area contributed by atoms with Crippen molar-refractivity contribution >= 4 is 17.7 Å². The minimum Gasteiger partial charge on any atom is -0.340 e. The summed E-state index contributed by atoms with van der Waals surface area (Å²) < 4.78 is 0. The maximum absolute atomic E-state index is 12.4. The van der Waals surface area contributed by atoms with E-state index in [4.69, 9.17) is 5.73 Å². The lowest BCUT2D eigenvalue weighted by atomic mass is 9.86. The number of amides is 1. The van der Waals surface area contributed by atoms with E-state index in [2.05, 4.69) is 13.8 Å². The van der Waals surface area contributed by atoms with Crippen molar-refractivity contribution in [3.05, 3.63) is 0 Å². The van der Waals surface area contributed by atoms with E-state index in [0.717, 1.165) is 19.5 Å². The van der Waals surface area contributed by atoms with Crippen molar-refractivity contribution in [2.75, 3.05) is 19.6 Å². The molecule has 1 aliphatic heterocycles. The zero-order valence-corrected chi connectivity index (χ0v) is 11.6. The third-order valence-electron chi connectivity index (χ3n) is 3.45.